The zero-order valence-corrected chi connectivity index (χ0v) is 13.1. The molecule has 1 unspecified atom stereocenters. The minimum absolute atomic E-state index is 0.0442. The third-order valence-electron chi connectivity index (χ3n) is 3.93. The van der Waals surface area contributed by atoms with Gasteiger partial charge in [0, 0.05) is 11.8 Å². The first-order chi connectivity index (χ1) is 10.2. The first kappa shape index (κ1) is 16.0. The average molecular weight is 304 g/mol. The Labute approximate surface area is 128 Å². The molecule has 6 nitrogen and oxygen atoms in total. The number of hydrogen-bond donors (Lipinski definition) is 2. The lowest BCUT2D eigenvalue weighted by Gasteiger charge is -2.33. The highest BCUT2D eigenvalue weighted by molar-refractivity contribution is 5.96. The number of amides is 1. The molecule has 2 N–H and O–H groups in total. The molecule has 0 aliphatic carbocycles. The molecule has 0 fully saturated rings. The smallest absolute Gasteiger partial charge is 0.305 e. The van der Waals surface area contributed by atoms with E-state index < -0.39 is 17.4 Å². The van der Waals surface area contributed by atoms with E-state index >= 15 is 0 Å². The van der Waals surface area contributed by atoms with Crippen LogP contribution in [0.2, 0.25) is 0 Å². The van der Waals surface area contributed by atoms with Gasteiger partial charge in [0.25, 0.3) is 5.91 Å². The van der Waals surface area contributed by atoms with Crippen LogP contribution in [0.4, 0.5) is 0 Å². The molecule has 0 aromatic carbocycles. The van der Waals surface area contributed by atoms with Gasteiger partial charge in [-0.25, -0.2) is 4.98 Å². The van der Waals surface area contributed by atoms with Gasteiger partial charge in [-0.3, -0.25) is 9.59 Å². The zero-order valence-electron chi connectivity index (χ0n) is 13.1. The topological polar surface area (TPSA) is 92.4 Å². The normalized spacial score (nSPS) is 14.0. The fourth-order valence-electron chi connectivity index (χ4n) is 2.17. The number of furan rings is 1. The van der Waals surface area contributed by atoms with E-state index in [9.17, 15) is 9.59 Å². The molecule has 0 aliphatic heterocycles. The van der Waals surface area contributed by atoms with Gasteiger partial charge < -0.3 is 14.8 Å². The average Bonchev–Trinajstić information content (AvgIpc) is 2.80. The Balaban J connectivity index is 2.27. The van der Waals surface area contributed by atoms with E-state index in [1.807, 2.05) is 20.8 Å². The van der Waals surface area contributed by atoms with Crippen LogP contribution in [0.5, 0.6) is 0 Å². The summed E-state index contributed by atoms with van der Waals surface area (Å²) >= 11 is 0. The number of aromatic nitrogens is 1. The van der Waals surface area contributed by atoms with Crippen molar-refractivity contribution in [2.24, 2.45) is 5.92 Å². The fourth-order valence-corrected chi connectivity index (χ4v) is 2.17. The van der Waals surface area contributed by atoms with Gasteiger partial charge in [0.1, 0.15) is 5.52 Å². The Kier molecular flexibility index (Phi) is 4.21. The molecule has 0 aliphatic rings. The molecule has 118 valence electrons. The van der Waals surface area contributed by atoms with Crippen LogP contribution < -0.4 is 5.32 Å². The number of pyridine rings is 1. The summed E-state index contributed by atoms with van der Waals surface area (Å²) < 4.78 is 5.49. The van der Waals surface area contributed by atoms with Gasteiger partial charge in [-0.2, -0.15) is 0 Å². The van der Waals surface area contributed by atoms with Crippen molar-refractivity contribution in [3.8, 4) is 0 Å². The van der Waals surface area contributed by atoms with Crippen LogP contribution in [-0.2, 0) is 4.79 Å². The van der Waals surface area contributed by atoms with Crippen molar-refractivity contribution in [1.82, 2.24) is 10.3 Å². The highest BCUT2D eigenvalue weighted by Gasteiger charge is 2.34. The lowest BCUT2D eigenvalue weighted by molar-refractivity contribution is -0.138. The van der Waals surface area contributed by atoms with Crippen molar-refractivity contribution in [2.75, 3.05) is 0 Å². The Bertz CT molecular complexity index is 720. The third kappa shape index (κ3) is 3.27. The lowest BCUT2D eigenvalue weighted by atomic mass is 9.85. The van der Waals surface area contributed by atoms with Gasteiger partial charge in [-0.1, -0.05) is 13.8 Å². The second-order valence-electron chi connectivity index (χ2n) is 6.04. The van der Waals surface area contributed by atoms with Crippen molar-refractivity contribution < 1.29 is 19.1 Å². The standard InChI is InChI=1S/C16H20N2O4/c1-9(2)16(4,8-14(19)20)18-15(21)13-7-11-12(22-13)6-5-10(3)17-11/h5-7,9H,8H2,1-4H3,(H,18,21)(H,19,20). The summed E-state index contributed by atoms with van der Waals surface area (Å²) in [6, 6.07) is 5.13. The maximum Gasteiger partial charge on any atom is 0.305 e. The molecule has 0 saturated heterocycles. The number of fused-ring (bicyclic) bond motifs is 1. The quantitative estimate of drug-likeness (QED) is 0.886. The largest absolute Gasteiger partial charge is 0.481 e. The van der Waals surface area contributed by atoms with Crippen molar-refractivity contribution in [3.63, 3.8) is 0 Å². The number of nitrogens with one attached hydrogen (secondary N) is 1. The van der Waals surface area contributed by atoms with Crippen LogP contribution in [0.3, 0.4) is 0 Å². The van der Waals surface area contributed by atoms with Crippen LogP contribution >= 0.6 is 0 Å². The number of carboxylic acid groups (broad SMARTS) is 1. The Morgan fingerprint density at radius 3 is 2.68 bits per heavy atom. The molecule has 6 heteroatoms. The molecular formula is C16H20N2O4. The Hall–Kier alpha value is -2.37. The van der Waals surface area contributed by atoms with Crippen LogP contribution in [0.15, 0.2) is 22.6 Å². The number of carbonyl (C=O) groups is 2. The second kappa shape index (κ2) is 5.79. The van der Waals surface area contributed by atoms with Gasteiger partial charge in [0.2, 0.25) is 0 Å². The lowest BCUT2D eigenvalue weighted by Crippen LogP contribution is -2.51. The summed E-state index contributed by atoms with van der Waals surface area (Å²) in [7, 11) is 0. The number of rotatable bonds is 5. The van der Waals surface area contributed by atoms with Crippen LogP contribution in [0.25, 0.3) is 11.1 Å². The SMILES string of the molecule is Cc1ccc2oc(C(=O)NC(C)(CC(=O)O)C(C)C)cc2n1. The first-order valence-electron chi connectivity index (χ1n) is 7.13. The Morgan fingerprint density at radius 2 is 2.09 bits per heavy atom. The molecule has 0 spiro atoms. The van der Waals surface area contributed by atoms with Crippen LogP contribution in [-0.4, -0.2) is 27.5 Å². The molecular weight excluding hydrogens is 284 g/mol. The highest BCUT2D eigenvalue weighted by Crippen LogP contribution is 2.23. The minimum atomic E-state index is -0.960. The monoisotopic (exact) mass is 304 g/mol. The van der Waals surface area contributed by atoms with E-state index in [4.69, 9.17) is 9.52 Å². The van der Waals surface area contributed by atoms with Gasteiger partial charge in [0.05, 0.1) is 12.0 Å². The summed E-state index contributed by atoms with van der Waals surface area (Å²) in [6.45, 7) is 7.31. The minimum Gasteiger partial charge on any atom is -0.481 e. The molecule has 22 heavy (non-hydrogen) atoms. The molecule has 2 aromatic heterocycles. The summed E-state index contributed by atoms with van der Waals surface area (Å²) in [5.41, 5.74) is 1.11. The molecule has 0 bridgehead atoms. The number of nitrogens with zero attached hydrogens (tertiary/aromatic N) is 1. The maximum absolute atomic E-state index is 12.4. The number of carboxylic acids is 1. The van der Waals surface area contributed by atoms with E-state index in [1.54, 1.807) is 25.1 Å². The summed E-state index contributed by atoms with van der Waals surface area (Å²) in [5, 5.41) is 11.8. The zero-order chi connectivity index (χ0) is 16.5. The predicted octanol–water partition coefficient (Wildman–Crippen LogP) is 2.76. The van der Waals surface area contributed by atoms with E-state index in [0.717, 1.165) is 5.69 Å². The third-order valence-corrected chi connectivity index (χ3v) is 3.93. The number of aliphatic carboxylic acids is 1. The Morgan fingerprint density at radius 1 is 1.41 bits per heavy atom. The van der Waals surface area contributed by atoms with Gasteiger partial charge in [-0.05, 0) is 31.9 Å². The molecule has 0 saturated carbocycles. The summed E-state index contributed by atoms with van der Waals surface area (Å²) in [5.74, 6) is -1.31. The van der Waals surface area contributed by atoms with Crippen LogP contribution in [0, 0.1) is 12.8 Å². The van der Waals surface area contributed by atoms with E-state index in [-0.39, 0.29) is 18.1 Å². The second-order valence-corrected chi connectivity index (χ2v) is 6.04. The maximum atomic E-state index is 12.4. The van der Waals surface area contributed by atoms with Gasteiger partial charge in [0.15, 0.2) is 11.3 Å². The molecule has 2 aromatic rings. The van der Waals surface area contributed by atoms with Crippen molar-refractivity contribution in [2.45, 2.75) is 39.7 Å². The summed E-state index contributed by atoms with van der Waals surface area (Å²) in [6.07, 6.45) is -0.159. The molecule has 1 atom stereocenters. The van der Waals surface area contributed by atoms with Crippen LogP contribution in [0.1, 0.15) is 43.4 Å². The molecule has 1 amide bonds. The van der Waals surface area contributed by atoms with E-state index in [2.05, 4.69) is 10.3 Å². The molecule has 0 radical (unpaired) electrons. The van der Waals surface area contributed by atoms with Crippen molar-refractivity contribution in [3.05, 3.63) is 29.7 Å². The number of aryl methyl sites for hydroxylation is 1. The van der Waals surface area contributed by atoms with E-state index in [0.29, 0.717) is 11.1 Å². The van der Waals surface area contributed by atoms with Crippen molar-refractivity contribution in [1.29, 1.82) is 0 Å². The molecule has 2 rings (SSSR count). The number of hydrogen-bond acceptors (Lipinski definition) is 4. The van der Waals surface area contributed by atoms with Crippen molar-refractivity contribution >= 4 is 23.0 Å². The van der Waals surface area contributed by atoms with Gasteiger partial charge >= 0.3 is 5.97 Å². The first-order valence-corrected chi connectivity index (χ1v) is 7.13. The van der Waals surface area contributed by atoms with Gasteiger partial charge in [-0.15, -0.1) is 0 Å². The predicted molar refractivity (Wildman–Crippen MR) is 81.7 cm³/mol. The number of carbonyl (C=O) groups excluding carboxylic acids is 1. The highest BCUT2D eigenvalue weighted by atomic mass is 16.4. The fraction of sp³-hybridized carbons (Fsp3) is 0.438. The summed E-state index contributed by atoms with van der Waals surface area (Å²) in [4.78, 5) is 27.7. The molecule has 2 heterocycles. The van der Waals surface area contributed by atoms with E-state index in [1.165, 1.54) is 0 Å².